The molecule has 0 amide bonds. The van der Waals surface area contributed by atoms with Gasteiger partial charge in [0.1, 0.15) is 6.07 Å². The molecule has 46 heavy (non-hydrogen) atoms. The van der Waals surface area contributed by atoms with Crippen LogP contribution in [0.3, 0.4) is 0 Å². The lowest BCUT2D eigenvalue weighted by molar-refractivity contribution is 1.29. The molecule has 0 radical (unpaired) electrons. The highest BCUT2D eigenvalue weighted by molar-refractivity contribution is 7.21. The standard InChI is InChI=1S/C42H29N3Si/c43-30-32-16-14-28-44-42(32)37-23-8-7-22-36(37)31-15-13-17-33(29-31)45-38-24-9-11-26-40(38)46(34-18-3-1-4-19-34,35-20-5-2-6-21-35)41-27-12-10-25-39(41)45/h1-29H. The number of nitriles is 1. The molecule has 3 nitrogen and oxygen atoms in total. The molecular formula is C42H29N3Si. The van der Waals surface area contributed by atoms with Gasteiger partial charge in [-0.15, -0.1) is 0 Å². The van der Waals surface area contributed by atoms with E-state index in [0.717, 1.165) is 22.4 Å². The maximum absolute atomic E-state index is 9.86. The van der Waals surface area contributed by atoms with Gasteiger partial charge >= 0.3 is 0 Å². The second kappa shape index (κ2) is 11.5. The van der Waals surface area contributed by atoms with Gasteiger partial charge in [0.25, 0.3) is 0 Å². The minimum Gasteiger partial charge on any atom is -0.311 e. The van der Waals surface area contributed by atoms with E-state index in [1.807, 2.05) is 24.3 Å². The summed E-state index contributed by atoms with van der Waals surface area (Å²) >= 11 is 0. The van der Waals surface area contributed by atoms with Gasteiger partial charge in [0.2, 0.25) is 0 Å². The van der Waals surface area contributed by atoms with Crippen molar-refractivity contribution in [1.82, 2.24) is 4.98 Å². The van der Waals surface area contributed by atoms with E-state index in [1.165, 1.54) is 32.1 Å². The summed E-state index contributed by atoms with van der Waals surface area (Å²) in [5.74, 6) is 0. The number of para-hydroxylation sites is 2. The summed E-state index contributed by atoms with van der Waals surface area (Å²) in [5, 5.41) is 15.3. The Hall–Kier alpha value is -6.02. The maximum atomic E-state index is 9.86. The minimum atomic E-state index is -2.67. The molecule has 0 saturated carbocycles. The Labute approximate surface area is 270 Å². The van der Waals surface area contributed by atoms with Crippen molar-refractivity contribution >= 4 is 45.9 Å². The van der Waals surface area contributed by atoms with E-state index in [1.54, 1.807) is 6.20 Å². The fourth-order valence-electron chi connectivity index (χ4n) is 7.15. The van der Waals surface area contributed by atoms with Crippen molar-refractivity contribution in [3.8, 4) is 28.5 Å². The van der Waals surface area contributed by atoms with Gasteiger partial charge in [-0.2, -0.15) is 5.26 Å². The summed E-state index contributed by atoms with van der Waals surface area (Å²) < 4.78 is 0. The summed E-state index contributed by atoms with van der Waals surface area (Å²) in [6.45, 7) is 0. The van der Waals surface area contributed by atoms with Crippen LogP contribution in [0, 0.1) is 11.3 Å². The molecule has 6 aromatic carbocycles. The number of benzene rings is 6. The second-order valence-corrected chi connectivity index (χ2v) is 15.2. The molecule has 0 unspecified atom stereocenters. The zero-order chi connectivity index (χ0) is 30.9. The molecule has 0 N–H and O–H groups in total. The zero-order valence-corrected chi connectivity index (χ0v) is 26.1. The van der Waals surface area contributed by atoms with E-state index in [4.69, 9.17) is 0 Å². The van der Waals surface area contributed by atoms with E-state index < -0.39 is 8.07 Å². The van der Waals surface area contributed by atoms with E-state index >= 15 is 0 Å². The highest BCUT2D eigenvalue weighted by atomic mass is 28.3. The van der Waals surface area contributed by atoms with Gasteiger partial charge in [0.05, 0.1) is 11.3 Å². The summed E-state index contributed by atoms with van der Waals surface area (Å²) in [4.78, 5) is 7.05. The first-order chi connectivity index (χ1) is 22.8. The number of aromatic nitrogens is 1. The molecule has 216 valence electrons. The number of rotatable bonds is 5. The Kier molecular flexibility index (Phi) is 6.87. The first kappa shape index (κ1) is 27.5. The number of hydrogen-bond donors (Lipinski definition) is 0. The molecule has 8 rings (SSSR count). The second-order valence-electron chi connectivity index (χ2n) is 11.5. The lowest BCUT2D eigenvalue weighted by Gasteiger charge is -2.45. The molecule has 1 aromatic heterocycles. The van der Waals surface area contributed by atoms with Crippen molar-refractivity contribution in [2.45, 2.75) is 0 Å². The first-order valence-corrected chi connectivity index (χ1v) is 17.5. The molecule has 0 atom stereocenters. The number of fused-ring (bicyclic) bond motifs is 2. The lowest BCUT2D eigenvalue weighted by atomic mass is 9.95. The Bertz CT molecular complexity index is 2150. The molecule has 0 saturated heterocycles. The molecule has 7 aromatic rings. The summed E-state index contributed by atoms with van der Waals surface area (Å²) in [7, 11) is -2.67. The van der Waals surface area contributed by atoms with Gasteiger partial charge in [0, 0.05) is 28.8 Å². The number of pyridine rings is 1. The molecule has 0 spiro atoms. The summed E-state index contributed by atoms with van der Waals surface area (Å²) in [5.41, 5.74) is 7.78. The lowest BCUT2D eigenvalue weighted by Crippen LogP contribution is -2.77. The summed E-state index contributed by atoms with van der Waals surface area (Å²) in [6, 6.07) is 63.0. The van der Waals surface area contributed by atoms with Gasteiger partial charge in [0.15, 0.2) is 8.07 Å². The van der Waals surface area contributed by atoms with Crippen molar-refractivity contribution in [1.29, 1.82) is 5.26 Å². The third-order valence-corrected chi connectivity index (χ3v) is 13.9. The zero-order valence-electron chi connectivity index (χ0n) is 25.1. The van der Waals surface area contributed by atoms with Crippen molar-refractivity contribution in [2.24, 2.45) is 0 Å². The minimum absolute atomic E-state index is 0.563. The predicted octanol–water partition coefficient (Wildman–Crippen LogP) is 7.45. The van der Waals surface area contributed by atoms with Crippen molar-refractivity contribution < 1.29 is 0 Å². The quantitative estimate of drug-likeness (QED) is 0.192. The molecular weight excluding hydrogens is 575 g/mol. The molecule has 2 heterocycles. The maximum Gasteiger partial charge on any atom is 0.184 e. The molecule has 0 fully saturated rings. The van der Waals surface area contributed by atoms with Crippen LogP contribution < -0.4 is 25.6 Å². The van der Waals surface area contributed by atoms with Crippen molar-refractivity contribution in [3.05, 3.63) is 182 Å². The highest BCUT2D eigenvalue weighted by Gasteiger charge is 2.48. The van der Waals surface area contributed by atoms with Crippen LogP contribution in [-0.4, -0.2) is 13.1 Å². The van der Waals surface area contributed by atoms with Crippen molar-refractivity contribution in [3.63, 3.8) is 0 Å². The predicted molar refractivity (Wildman–Crippen MR) is 192 cm³/mol. The fraction of sp³-hybridized carbons (Fsp3) is 0. The molecule has 4 heteroatoms. The Balaban J connectivity index is 1.37. The van der Waals surface area contributed by atoms with E-state index in [-0.39, 0.29) is 0 Å². The molecule has 1 aliphatic rings. The number of anilines is 3. The monoisotopic (exact) mass is 603 g/mol. The summed E-state index contributed by atoms with van der Waals surface area (Å²) in [6.07, 6.45) is 1.75. The van der Waals surface area contributed by atoms with Gasteiger partial charge in [-0.3, -0.25) is 4.98 Å². The van der Waals surface area contributed by atoms with Crippen LogP contribution in [0.15, 0.2) is 176 Å². The van der Waals surface area contributed by atoms with Gasteiger partial charge in [-0.1, -0.05) is 133 Å². The molecule has 0 bridgehead atoms. The third-order valence-electron chi connectivity index (χ3n) is 9.04. The van der Waals surface area contributed by atoms with E-state index in [2.05, 4.69) is 162 Å². The smallest absolute Gasteiger partial charge is 0.184 e. The Morgan fingerprint density at radius 1 is 0.522 bits per heavy atom. The normalized spacial score (nSPS) is 12.9. The molecule has 1 aliphatic heterocycles. The topological polar surface area (TPSA) is 39.9 Å². The Morgan fingerprint density at radius 2 is 1.09 bits per heavy atom. The van der Waals surface area contributed by atoms with Crippen molar-refractivity contribution in [2.75, 3.05) is 4.90 Å². The molecule has 0 aliphatic carbocycles. The number of nitrogens with zero attached hydrogens (tertiary/aromatic N) is 3. The van der Waals surface area contributed by atoms with E-state index in [9.17, 15) is 5.26 Å². The van der Waals surface area contributed by atoms with Crippen LogP contribution in [0.2, 0.25) is 0 Å². The van der Waals surface area contributed by atoms with Crippen LogP contribution in [0.5, 0.6) is 0 Å². The average Bonchev–Trinajstić information content (AvgIpc) is 3.14. The van der Waals surface area contributed by atoms with Gasteiger partial charge < -0.3 is 4.90 Å². The first-order valence-electron chi connectivity index (χ1n) is 15.5. The fourth-order valence-corrected chi connectivity index (χ4v) is 12.3. The highest BCUT2D eigenvalue weighted by Crippen LogP contribution is 2.41. The van der Waals surface area contributed by atoms with Crippen LogP contribution in [-0.2, 0) is 0 Å². The van der Waals surface area contributed by atoms with Crippen LogP contribution in [0.1, 0.15) is 5.56 Å². The Morgan fingerprint density at radius 3 is 1.72 bits per heavy atom. The van der Waals surface area contributed by atoms with Crippen LogP contribution in [0.25, 0.3) is 22.4 Å². The van der Waals surface area contributed by atoms with Gasteiger partial charge in [-0.05, 0) is 68.3 Å². The van der Waals surface area contributed by atoms with E-state index in [0.29, 0.717) is 11.3 Å². The van der Waals surface area contributed by atoms with Gasteiger partial charge in [-0.25, -0.2) is 0 Å². The third kappa shape index (κ3) is 4.29. The van der Waals surface area contributed by atoms with Crippen LogP contribution >= 0.6 is 0 Å². The largest absolute Gasteiger partial charge is 0.311 e. The number of hydrogen-bond acceptors (Lipinski definition) is 3. The average molecular weight is 604 g/mol. The van der Waals surface area contributed by atoms with Crippen LogP contribution in [0.4, 0.5) is 17.1 Å². The SMILES string of the molecule is N#Cc1cccnc1-c1ccccc1-c1cccc(N2c3ccccc3[Si](c3ccccc3)(c3ccccc3)c3ccccc32)c1.